The van der Waals surface area contributed by atoms with Crippen molar-refractivity contribution in [2.75, 3.05) is 0 Å². The van der Waals surface area contributed by atoms with Gasteiger partial charge in [0, 0.05) is 6.42 Å². The van der Waals surface area contributed by atoms with Gasteiger partial charge in [-0.1, -0.05) is 0 Å². The fraction of sp³-hybridized carbons (Fsp3) is 0.500. The number of ether oxygens (including phenoxy) is 1. The number of amides is 1. The van der Waals surface area contributed by atoms with Gasteiger partial charge in [0.15, 0.2) is 0 Å². The minimum Gasteiger partial charge on any atom is -0.508 e. The Balaban J connectivity index is 2.80. The first kappa shape index (κ1) is 17.0. The molecule has 0 aliphatic heterocycles. The lowest BCUT2D eigenvalue weighted by atomic mass is 9.96. The van der Waals surface area contributed by atoms with E-state index in [4.69, 9.17) is 4.74 Å². The van der Waals surface area contributed by atoms with E-state index < -0.39 is 17.7 Å². The number of hydrogen-bond donors (Lipinski definition) is 2. The lowest BCUT2D eigenvalue weighted by molar-refractivity contribution is -0.109. The molecule has 0 heterocycles. The summed E-state index contributed by atoms with van der Waals surface area (Å²) in [6, 6.07) is 2.61. The highest BCUT2D eigenvalue weighted by Crippen LogP contribution is 2.21. The average molecular weight is 293 g/mol. The zero-order valence-corrected chi connectivity index (χ0v) is 13.2. The summed E-state index contributed by atoms with van der Waals surface area (Å²) in [4.78, 5) is 22.9. The number of aryl methyl sites for hydroxylation is 2. The van der Waals surface area contributed by atoms with Crippen LogP contribution in [0, 0.1) is 13.8 Å². The Morgan fingerprint density at radius 2 is 1.86 bits per heavy atom. The molecular formula is C16H23NO4. The zero-order chi connectivity index (χ0) is 16.2. The Bertz CT molecular complexity index is 509. The van der Waals surface area contributed by atoms with Gasteiger partial charge in [0.2, 0.25) is 0 Å². The van der Waals surface area contributed by atoms with Crippen LogP contribution < -0.4 is 5.32 Å². The number of alkyl carbamates (subject to hydrolysis) is 1. The topological polar surface area (TPSA) is 75.6 Å². The van der Waals surface area contributed by atoms with Crippen LogP contribution in [0.15, 0.2) is 12.1 Å². The largest absolute Gasteiger partial charge is 0.508 e. The summed E-state index contributed by atoms with van der Waals surface area (Å²) < 4.78 is 5.14. The maximum Gasteiger partial charge on any atom is 0.408 e. The molecule has 1 amide bonds. The number of carbonyl (C=O) groups is 2. The molecule has 116 valence electrons. The number of nitrogens with one attached hydrogen (secondary N) is 1. The van der Waals surface area contributed by atoms with Gasteiger partial charge in [0.05, 0.1) is 6.04 Å². The number of benzene rings is 1. The van der Waals surface area contributed by atoms with Crippen molar-refractivity contribution in [2.45, 2.75) is 52.7 Å². The van der Waals surface area contributed by atoms with Crippen molar-refractivity contribution in [1.82, 2.24) is 5.32 Å². The van der Waals surface area contributed by atoms with E-state index in [1.165, 1.54) is 0 Å². The fourth-order valence-electron chi connectivity index (χ4n) is 2.10. The van der Waals surface area contributed by atoms with Crippen LogP contribution in [0.2, 0.25) is 0 Å². The van der Waals surface area contributed by atoms with Gasteiger partial charge >= 0.3 is 6.09 Å². The molecule has 21 heavy (non-hydrogen) atoms. The highest BCUT2D eigenvalue weighted by Gasteiger charge is 2.20. The number of phenolic OH excluding ortho intramolecular Hbond substituents is 1. The molecule has 0 unspecified atom stereocenters. The van der Waals surface area contributed by atoms with E-state index in [1.807, 2.05) is 13.8 Å². The van der Waals surface area contributed by atoms with Gasteiger partial charge in [-0.2, -0.15) is 0 Å². The molecule has 0 saturated heterocycles. The van der Waals surface area contributed by atoms with Crippen molar-refractivity contribution in [2.24, 2.45) is 0 Å². The molecule has 1 rings (SSSR count). The van der Waals surface area contributed by atoms with Crippen molar-refractivity contribution in [1.29, 1.82) is 0 Å². The van der Waals surface area contributed by atoms with Gasteiger partial charge in [-0.3, -0.25) is 0 Å². The highest BCUT2D eigenvalue weighted by atomic mass is 16.6. The van der Waals surface area contributed by atoms with Crippen LogP contribution in [0.3, 0.4) is 0 Å². The summed E-state index contributed by atoms with van der Waals surface area (Å²) in [5.41, 5.74) is 2.08. The second-order valence-corrected chi connectivity index (χ2v) is 6.15. The Labute approximate surface area is 125 Å². The van der Waals surface area contributed by atoms with Gasteiger partial charge in [0.25, 0.3) is 0 Å². The highest BCUT2D eigenvalue weighted by molar-refractivity contribution is 5.73. The predicted molar refractivity (Wildman–Crippen MR) is 80.5 cm³/mol. The summed E-state index contributed by atoms with van der Waals surface area (Å²) in [5, 5.41) is 12.1. The van der Waals surface area contributed by atoms with Crippen LogP contribution in [-0.2, 0) is 16.0 Å². The first-order valence-corrected chi connectivity index (χ1v) is 6.86. The van der Waals surface area contributed by atoms with Crippen LogP contribution in [-0.4, -0.2) is 29.1 Å². The summed E-state index contributed by atoms with van der Waals surface area (Å²) in [6.45, 7) is 9.00. The number of aldehydes is 1. The molecular weight excluding hydrogens is 270 g/mol. The van der Waals surface area contributed by atoms with Crippen molar-refractivity contribution in [3.8, 4) is 5.75 Å². The van der Waals surface area contributed by atoms with Crippen molar-refractivity contribution in [3.63, 3.8) is 0 Å². The van der Waals surface area contributed by atoms with Gasteiger partial charge in [-0.25, -0.2) is 4.79 Å². The maximum atomic E-state index is 11.7. The molecule has 0 saturated carbocycles. The van der Waals surface area contributed by atoms with E-state index in [2.05, 4.69) is 5.32 Å². The lowest BCUT2D eigenvalue weighted by Crippen LogP contribution is -2.41. The minimum absolute atomic E-state index is 0.191. The molecule has 0 aromatic heterocycles. The predicted octanol–water partition coefficient (Wildman–Crippen LogP) is 2.64. The molecule has 1 atom stereocenters. The zero-order valence-electron chi connectivity index (χ0n) is 13.2. The number of phenols is 1. The van der Waals surface area contributed by atoms with Crippen molar-refractivity contribution < 1.29 is 19.4 Å². The van der Waals surface area contributed by atoms with E-state index in [1.54, 1.807) is 32.9 Å². The number of rotatable bonds is 4. The number of hydrogen-bond acceptors (Lipinski definition) is 4. The number of carbonyl (C=O) groups excluding carboxylic acids is 2. The van der Waals surface area contributed by atoms with Crippen LogP contribution in [0.1, 0.15) is 37.5 Å². The van der Waals surface area contributed by atoms with Crippen LogP contribution in [0.25, 0.3) is 0 Å². The molecule has 0 bridgehead atoms. The Morgan fingerprint density at radius 3 is 2.29 bits per heavy atom. The van der Waals surface area contributed by atoms with Crippen LogP contribution in [0.4, 0.5) is 4.79 Å². The molecule has 1 aromatic rings. The summed E-state index contributed by atoms with van der Waals surface area (Å²) in [6.07, 6.45) is 0.435. The molecule has 0 aliphatic carbocycles. The van der Waals surface area contributed by atoms with Crippen LogP contribution >= 0.6 is 0 Å². The van der Waals surface area contributed by atoms with Gasteiger partial charge < -0.3 is 20.0 Å². The SMILES string of the molecule is Cc1cc(O)cc(C)c1C[C@@H](C=O)NC(=O)OC(C)(C)C. The Morgan fingerprint density at radius 1 is 1.33 bits per heavy atom. The Hall–Kier alpha value is -2.04. The van der Waals surface area contributed by atoms with Gasteiger partial charge in [0.1, 0.15) is 17.6 Å². The van der Waals surface area contributed by atoms with Crippen molar-refractivity contribution >= 4 is 12.4 Å². The summed E-state index contributed by atoms with van der Waals surface area (Å²) >= 11 is 0. The van der Waals surface area contributed by atoms with E-state index in [0.29, 0.717) is 12.7 Å². The normalized spacial score (nSPS) is 12.6. The smallest absolute Gasteiger partial charge is 0.408 e. The first-order valence-electron chi connectivity index (χ1n) is 6.86. The van der Waals surface area contributed by atoms with Gasteiger partial charge in [-0.15, -0.1) is 0 Å². The Kier molecular flexibility index (Phi) is 5.35. The quantitative estimate of drug-likeness (QED) is 0.837. The van der Waals surface area contributed by atoms with Gasteiger partial charge in [-0.05, 0) is 63.4 Å². The molecule has 0 fully saturated rings. The van der Waals surface area contributed by atoms with E-state index in [-0.39, 0.29) is 5.75 Å². The van der Waals surface area contributed by atoms with Crippen LogP contribution in [0.5, 0.6) is 5.75 Å². The molecule has 2 N–H and O–H groups in total. The molecule has 5 nitrogen and oxygen atoms in total. The molecule has 0 radical (unpaired) electrons. The van der Waals surface area contributed by atoms with E-state index >= 15 is 0 Å². The van der Waals surface area contributed by atoms with E-state index in [0.717, 1.165) is 16.7 Å². The third kappa shape index (κ3) is 5.45. The molecule has 0 aliphatic rings. The second kappa shape index (κ2) is 6.61. The second-order valence-electron chi connectivity index (χ2n) is 6.15. The molecule has 0 spiro atoms. The summed E-state index contributed by atoms with van der Waals surface area (Å²) in [5.74, 6) is 0.191. The fourth-order valence-corrected chi connectivity index (χ4v) is 2.10. The molecule has 5 heteroatoms. The van der Waals surface area contributed by atoms with E-state index in [9.17, 15) is 14.7 Å². The number of aromatic hydroxyl groups is 1. The standard InChI is InChI=1S/C16H23NO4/c1-10-6-13(19)7-11(2)14(10)8-12(9-18)17-15(20)21-16(3,4)5/h6-7,9,12,19H,8H2,1-5H3,(H,17,20)/t12-/m0/s1. The third-order valence-corrected chi connectivity index (χ3v) is 2.97. The minimum atomic E-state index is -0.665. The third-order valence-electron chi connectivity index (χ3n) is 2.97. The van der Waals surface area contributed by atoms with Crippen molar-refractivity contribution in [3.05, 3.63) is 28.8 Å². The molecule has 1 aromatic carbocycles. The monoisotopic (exact) mass is 293 g/mol. The maximum absolute atomic E-state index is 11.7. The lowest BCUT2D eigenvalue weighted by Gasteiger charge is -2.22. The average Bonchev–Trinajstić information content (AvgIpc) is 2.29. The first-order chi connectivity index (χ1) is 9.62. The summed E-state index contributed by atoms with van der Waals surface area (Å²) in [7, 11) is 0.